The van der Waals surface area contributed by atoms with Gasteiger partial charge in [-0.05, 0) is 32.9 Å². The summed E-state index contributed by atoms with van der Waals surface area (Å²) < 4.78 is 5.00. The Morgan fingerprint density at radius 2 is 2.18 bits per heavy atom. The van der Waals surface area contributed by atoms with Crippen LogP contribution in [0.1, 0.15) is 19.8 Å². The molecule has 2 N–H and O–H groups in total. The lowest BCUT2D eigenvalue weighted by molar-refractivity contribution is 0.360. The number of aromatic nitrogens is 2. The van der Waals surface area contributed by atoms with E-state index in [2.05, 4.69) is 27.5 Å². The monoisotopic (exact) mass is 256 g/mol. The number of methoxy groups -OCH3 is 1. The summed E-state index contributed by atoms with van der Waals surface area (Å²) in [6.45, 7) is 4.19. The molecule has 0 amide bonds. The lowest BCUT2D eigenvalue weighted by Gasteiger charge is -2.35. The van der Waals surface area contributed by atoms with Crippen LogP contribution in [0.2, 0.25) is 5.02 Å². The van der Waals surface area contributed by atoms with Gasteiger partial charge in [0, 0.05) is 5.54 Å². The summed E-state index contributed by atoms with van der Waals surface area (Å²) in [6.07, 6.45) is 3.63. The van der Waals surface area contributed by atoms with E-state index >= 15 is 0 Å². The molecule has 0 aliphatic carbocycles. The number of ether oxygens (including phenoxy) is 1. The molecule has 17 heavy (non-hydrogen) atoms. The van der Waals surface area contributed by atoms with Gasteiger partial charge in [0.15, 0.2) is 5.82 Å². The van der Waals surface area contributed by atoms with Crippen LogP contribution in [0.4, 0.5) is 5.82 Å². The standard InChI is InChI=1S/C11H17ClN4O/c1-11(3-5-13-6-4-11)16-9-8(12)7-14-10(15-9)17-2/h7,13H,3-6H2,1-2H3,(H,14,15,16). The zero-order valence-electron chi connectivity index (χ0n) is 10.1. The summed E-state index contributed by atoms with van der Waals surface area (Å²) in [5, 5.41) is 7.25. The Labute approximate surface area is 106 Å². The van der Waals surface area contributed by atoms with E-state index < -0.39 is 0 Å². The molecule has 6 heteroatoms. The number of nitrogens with one attached hydrogen (secondary N) is 2. The van der Waals surface area contributed by atoms with Crippen LogP contribution in [0.15, 0.2) is 6.20 Å². The highest BCUT2D eigenvalue weighted by Gasteiger charge is 2.27. The second-order valence-corrected chi connectivity index (χ2v) is 4.90. The van der Waals surface area contributed by atoms with Crippen LogP contribution in [0.3, 0.4) is 0 Å². The average Bonchev–Trinajstić information content (AvgIpc) is 2.33. The van der Waals surface area contributed by atoms with Gasteiger partial charge >= 0.3 is 6.01 Å². The minimum Gasteiger partial charge on any atom is -0.467 e. The largest absolute Gasteiger partial charge is 0.467 e. The van der Waals surface area contributed by atoms with Gasteiger partial charge in [0.25, 0.3) is 0 Å². The molecule has 0 spiro atoms. The van der Waals surface area contributed by atoms with Crippen molar-refractivity contribution in [2.45, 2.75) is 25.3 Å². The van der Waals surface area contributed by atoms with E-state index in [1.54, 1.807) is 13.3 Å². The first kappa shape index (κ1) is 12.4. The third-order valence-electron chi connectivity index (χ3n) is 3.03. The van der Waals surface area contributed by atoms with Gasteiger partial charge in [-0.1, -0.05) is 11.6 Å². The highest BCUT2D eigenvalue weighted by Crippen LogP contribution is 2.27. The second-order valence-electron chi connectivity index (χ2n) is 4.49. The third-order valence-corrected chi connectivity index (χ3v) is 3.31. The van der Waals surface area contributed by atoms with Crippen molar-refractivity contribution < 1.29 is 4.74 Å². The quantitative estimate of drug-likeness (QED) is 0.862. The molecule has 1 aliphatic heterocycles. The van der Waals surface area contributed by atoms with Gasteiger partial charge in [-0.2, -0.15) is 4.98 Å². The molecule has 1 saturated heterocycles. The normalized spacial score (nSPS) is 18.8. The summed E-state index contributed by atoms with van der Waals surface area (Å²) >= 11 is 6.08. The SMILES string of the molecule is COc1ncc(Cl)c(NC2(C)CCNCC2)n1. The first-order valence-electron chi connectivity index (χ1n) is 5.68. The Morgan fingerprint density at radius 3 is 2.82 bits per heavy atom. The van der Waals surface area contributed by atoms with Crippen molar-refractivity contribution in [3.05, 3.63) is 11.2 Å². The fourth-order valence-corrected chi connectivity index (χ4v) is 2.06. The van der Waals surface area contributed by atoms with E-state index in [9.17, 15) is 0 Å². The van der Waals surface area contributed by atoms with Crippen molar-refractivity contribution in [3.8, 4) is 6.01 Å². The van der Waals surface area contributed by atoms with Crippen LogP contribution in [-0.4, -0.2) is 35.7 Å². The molecule has 1 aromatic rings. The lowest BCUT2D eigenvalue weighted by Crippen LogP contribution is -2.45. The molecule has 94 valence electrons. The summed E-state index contributed by atoms with van der Waals surface area (Å²) in [4.78, 5) is 8.19. The van der Waals surface area contributed by atoms with Crippen molar-refractivity contribution in [1.82, 2.24) is 15.3 Å². The molecule has 0 atom stereocenters. The zero-order chi connectivity index (χ0) is 12.3. The predicted molar refractivity (Wildman–Crippen MR) is 67.7 cm³/mol. The first-order valence-corrected chi connectivity index (χ1v) is 6.06. The maximum absolute atomic E-state index is 6.08. The summed E-state index contributed by atoms with van der Waals surface area (Å²) in [5.74, 6) is 0.642. The lowest BCUT2D eigenvalue weighted by atomic mass is 9.91. The van der Waals surface area contributed by atoms with Crippen LogP contribution in [0.25, 0.3) is 0 Å². The minimum atomic E-state index is 0.0221. The van der Waals surface area contributed by atoms with Crippen molar-refractivity contribution in [1.29, 1.82) is 0 Å². The Morgan fingerprint density at radius 1 is 1.47 bits per heavy atom. The average molecular weight is 257 g/mol. The van der Waals surface area contributed by atoms with Gasteiger partial charge in [-0.25, -0.2) is 4.98 Å². The summed E-state index contributed by atoms with van der Waals surface area (Å²) in [7, 11) is 1.54. The fourth-order valence-electron chi connectivity index (χ4n) is 1.93. The minimum absolute atomic E-state index is 0.0221. The molecule has 2 rings (SSSR count). The second kappa shape index (κ2) is 5.06. The van der Waals surface area contributed by atoms with Gasteiger partial charge < -0.3 is 15.4 Å². The topological polar surface area (TPSA) is 59.1 Å². The number of hydrogen-bond acceptors (Lipinski definition) is 5. The van der Waals surface area contributed by atoms with Crippen molar-refractivity contribution >= 4 is 17.4 Å². The molecular formula is C11H17ClN4O. The molecule has 0 unspecified atom stereocenters. The number of piperidine rings is 1. The number of nitrogens with zero attached hydrogens (tertiary/aromatic N) is 2. The maximum Gasteiger partial charge on any atom is 0.318 e. The first-order chi connectivity index (χ1) is 8.13. The van der Waals surface area contributed by atoms with E-state index in [0.717, 1.165) is 25.9 Å². The Kier molecular flexibility index (Phi) is 3.69. The van der Waals surface area contributed by atoms with Crippen LogP contribution in [0.5, 0.6) is 6.01 Å². The highest BCUT2D eigenvalue weighted by molar-refractivity contribution is 6.32. The molecule has 0 bridgehead atoms. The maximum atomic E-state index is 6.08. The molecule has 0 saturated carbocycles. The highest BCUT2D eigenvalue weighted by atomic mass is 35.5. The fraction of sp³-hybridized carbons (Fsp3) is 0.636. The van der Waals surface area contributed by atoms with Gasteiger partial charge in [-0.15, -0.1) is 0 Å². The molecule has 2 heterocycles. The van der Waals surface area contributed by atoms with Gasteiger partial charge in [-0.3, -0.25) is 0 Å². The van der Waals surface area contributed by atoms with Crippen LogP contribution in [-0.2, 0) is 0 Å². The number of halogens is 1. The van der Waals surface area contributed by atoms with E-state index in [1.165, 1.54) is 0 Å². The predicted octanol–water partition coefficient (Wildman–Crippen LogP) is 1.69. The van der Waals surface area contributed by atoms with Gasteiger partial charge in [0.05, 0.1) is 13.3 Å². The number of anilines is 1. The molecule has 1 fully saturated rings. The van der Waals surface area contributed by atoms with E-state index in [4.69, 9.17) is 16.3 Å². The molecule has 0 radical (unpaired) electrons. The van der Waals surface area contributed by atoms with Crippen LogP contribution < -0.4 is 15.4 Å². The Bertz CT molecular complexity index is 393. The van der Waals surface area contributed by atoms with Crippen molar-refractivity contribution in [2.75, 3.05) is 25.5 Å². The van der Waals surface area contributed by atoms with E-state index in [0.29, 0.717) is 16.9 Å². The molecule has 1 aromatic heterocycles. The van der Waals surface area contributed by atoms with Crippen molar-refractivity contribution in [3.63, 3.8) is 0 Å². The number of hydrogen-bond donors (Lipinski definition) is 2. The van der Waals surface area contributed by atoms with Crippen LogP contribution >= 0.6 is 11.6 Å². The smallest absolute Gasteiger partial charge is 0.318 e. The molecule has 5 nitrogen and oxygen atoms in total. The van der Waals surface area contributed by atoms with Crippen LogP contribution in [0, 0.1) is 0 Å². The van der Waals surface area contributed by atoms with E-state index in [-0.39, 0.29) is 5.54 Å². The summed E-state index contributed by atoms with van der Waals surface area (Å²) in [5.41, 5.74) is 0.0221. The molecular weight excluding hydrogens is 240 g/mol. The third kappa shape index (κ3) is 2.98. The molecule has 0 aromatic carbocycles. The van der Waals surface area contributed by atoms with Gasteiger partial charge in [0.2, 0.25) is 0 Å². The zero-order valence-corrected chi connectivity index (χ0v) is 10.8. The summed E-state index contributed by atoms with van der Waals surface area (Å²) in [6, 6.07) is 0.328. The molecule has 1 aliphatic rings. The Hall–Kier alpha value is -1.07. The Balaban J connectivity index is 2.16. The van der Waals surface area contributed by atoms with Gasteiger partial charge in [0.1, 0.15) is 5.02 Å². The number of rotatable bonds is 3. The van der Waals surface area contributed by atoms with E-state index in [1.807, 2.05) is 0 Å². The van der Waals surface area contributed by atoms with Crippen molar-refractivity contribution in [2.24, 2.45) is 0 Å².